The van der Waals surface area contributed by atoms with Crippen molar-refractivity contribution >= 4 is 17.6 Å². The number of nitrogens with two attached hydrogens (primary N) is 1. The van der Waals surface area contributed by atoms with Crippen LogP contribution in [0.25, 0.3) is 0 Å². The molecule has 0 spiro atoms. The molecule has 1 heterocycles. The van der Waals surface area contributed by atoms with Crippen molar-refractivity contribution < 1.29 is 4.74 Å². The van der Waals surface area contributed by atoms with E-state index >= 15 is 0 Å². The highest BCUT2D eigenvalue weighted by atomic mass is 16.5. The standard InChI is InChI=1S/C12H16N6O/c1-3-18(9-7-5-4-6-8-9)11-14-10(17-13)15-12(16-11)19-2/h4-8H,3,13H2,1-2H3,(H,14,15,16,17). The molecular weight excluding hydrogens is 244 g/mol. The Bertz CT molecular complexity index is 511. The molecule has 0 radical (unpaired) electrons. The fraction of sp³-hybridized carbons (Fsp3) is 0.250. The summed E-state index contributed by atoms with van der Waals surface area (Å²) in [5.74, 6) is 6.09. The first-order valence-electron chi connectivity index (χ1n) is 5.87. The van der Waals surface area contributed by atoms with Crippen molar-refractivity contribution in [1.82, 2.24) is 15.0 Å². The average Bonchev–Trinajstić information content (AvgIpc) is 2.48. The third kappa shape index (κ3) is 2.89. The third-order valence-electron chi connectivity index (χ3n) is 2.54. The monoisotopic (exact) mass is 260 g/mol. The molecule has 0 fully saturated rings. The predicted octanol–water partition coefficient (Wildman–Crippen LogP) is 1.32. The van der Waals surface area contributed by atoms with Crippen LogP contribution in [0.5, 0.6) is 6.01 Å². The molecule has 0 unspecified atom stereocenters. The van der Waals surface area contributed by atoms with E-state index in [1.165, 1.54) is 7.11 Å². The summed E-state index contributed by atoms with van der Waals surface area (Å²) in [5.41, 5.74) is 3.39. The molecule has 2 aromatic rings. The number of methoxy groups -OCH3 is 1. The van der Waals surface area contributed by atoms with Gasteiger partial charge in [-0.25, -0.2) is 5.84 Å². The molecule has 3 N–H and O–H groups in total. The van der Waals surface area contributed by atoms with E-state index in [0.717, 1.165) is 5.69 Å². The molecule has 1 aromatic heterocycles. The number of para-hydroxylation sites is 1. The van der Waals surface area contributed by atoms with Crippen molar-refractivity contribution in [2.24, 2.45) is 5.84 Å². The third-order valence-corrected chi connectivity index (χ3v) is 2.54. The molecule has 0 saturated heterocycles. The highest BCUT2D eigenvalue weighted by Crippen LogP contribution is 2.23. The van der Waals surface area contributed by atoms with Gasteiger partial charge >= 0.3 is 6.01 Å². The lowest BCUT2D eigenvalue weighted by atomic mass is 10.3. The molecule has 0 aliphatic rings. The average molecular weight is 260 g/mol. The Balaban J connectivity index is 2.43. The molecule has 7 heteroatoms. The zero-order valence-corrected chi connectivity index (χ0v) is 10.9. The molecular formula is C12H16N6O. The fourth-order valence-corrected chi connectivity index (χ4v) is 1.67. The van der Waals surface area contributed by atoms with Crippen LogP contribution in [0.1, 0.15) is 6.92 Å². The minimum Gasteiger partial charge on any atom is -0.467 e. The van der Waals surface area contributed by atoms with Gasteiger partial charge in [-0.15, -0.1) is 0 Å². The largest absolute Gasteiger partial charge is 0.467 e. The topological polar surface area (TPSA) is 89.2 Å². The number of nitrogen functional groups attached to an aromatic ring is 1. The minimum absolute atomic E-state index is 0.215. The summed E-state index contributed by atoms with van der Waals surface area (Å²) in [5, 5.41) is 0. The van der Waals surface area contributed by atoms with E-state index in [1.54, 1.807) is 0 Å². The molecule has 1 aromatic carbocycles. The van der Waals surface area contributed by atoms with Crippen molar-refractivity contribution in [3.63, 3.8) is 0 Å². The Kier molecular flexibility index (Phi) is 4.09. The van der Waals surface area contributed by atoms with Crippen LogP contribution >= 0.6 is 0 Å². The Hall–Kier alpha value is -2.41. The first kappa shape index (κ1) is 13.0. The van der Waals surface area contributed by atoms with Gasteiger partial charge in [-0.2, -0.15) is 15.0 Å². The summed E-state index contributed by atoms with van der Waals surface area (Å²) in [6.45, 7) is 2.72. The summed E-state index contributed by atoms with van der Waals surface area (Å²) in [4.78, 5) is 14.4. The van der Waals surface area contributed by atoms with Crippen LogP contribution in [-0.4, -0.2) is 28.6 Å². The van der Waals surface area contributed by atoms with Crippen LogP contribution in [0, 0.1) is 0 Å². The normalized spacial score (nSPS) is 10.1. The second-order valence-electron chi connectivity index (χ2n) is 3.67. The number of anilines is 3. The molecule has 0 bridgehead atoms. The number of hydrazine groups is 1. The number of hydrogen-bond donors (Lipinski definition) is 2. The van der Waals surface area contributed by atoms with Gasteiger partial charge in [0.15, 0.2) is 0 Å². The highest BCUT2D eigenvalue weighted by molar-refractivity contribution is 5.57. The second kappa shape index (κ2) is 5.96. The molecule has 0 atom stereocenters. The first-order chi connectivity index (χ1) is 9.28. The number of nitrogens with one attached hydrogen (secondary N) is 1. The lowest BCUT2D eigenvalue weighted by Crippen LogP contribution is -2.21. The van der Waals surface area contributed by atoms with Crippen molar-refractivity contribution in [3.05, 3.63) is 30.3 Å². The van der Waals surface area contributed by atoms with Gasteiger partial charge in [0.05, 0.1) is 7.11 Å². The van der Waals surface area contributed by atoms with E-state index in [2.05, 4.69) is 20.4 Å². The van der Waals surface area contributed by atoms with Gasteiger partial charge in [-0.1, -0.05) is 18.2 Å². The maximum atomic E-state index is 5.35. The number of aromatic nitrogens is 3. The molecule has 0 amide bonds. The molecule has 0 aliphatic heterocycles. The van der Waals surface area contributed by atoms with Crippen LogP contribution in [0.4, 0.5) is 17.6 Å². The first-order valence-corrected chi connectivity index (χ1v) is 5.87. The summed E-state index contributed by atoms with van der Waals surface area (Å²) >= 11 is 0. The van der Waals surface area contributed by atoms with Crippen molar-refractivity contribution in [2.75, 3.05) is 24.0 Å². The lowest BCUT2D eigenvalue weighted by molar-refractivity contribution is 0.379. The molecule has 2 rings (SSSR count). The van der Waals surface area contributed by atoms with Crippen LogP contribution in [0.2, 0.25) is 0 Å². The predicted molar refractivity (Wildman–Crippen MR) is 73.3 cm³/mol. The number of benzene rings is 1. The van der Waals surface area contributed by atoms with Gasteiger partial charge < -0.3 is 9.64 Å². The quantitative estimate of drug-likeness (QED) is 0.619. The van der Waals surface area contributed by atoms with E-state index < -0.39 is 0 Å². The van der Waals surface area contributed by atoms with Gasteiger partial charge in [0, 0.05) is 12.2 Å². The molecule has 100 valence electrons. The summed E-state index contributed by atoms with van der Waals surface area (Å²) in [6, 6.07) is 10.0. The zero-order chi connectivity index (χ0) is 13.7. The highest BCUT2D eigenvalue weighted by Gasteiger charge is 2.13. The fourth-order valence-electron chi connectivity index (χ4n) is 1.67. The van der Waals surface area contributed by atoms with Crippen LogP contribution in [0.3, 0.4) is 0 Å². The van der Waals surface area contributed by atoms with E-state index in [-0.39, 0.29) is 12.0 Å². The molecule has 0 aliphatic carbocycles. The lowest BCUT2D eigenvalue weighted by Gasteiger charge is -2.21. The summed E-state index contributed by atoms with van der Waals surface area (Å²) in [7, 11) is 1.50. The van der Waals surface area contributed by atoms with E-state index in [4.69, 9.17) is 10.6 Å². The van der Waals surface area contributed by atoms with E-state index in [0.29, 0.717) is 12.5 Å². The summed E-state index contributed by atoms with van der Waals surface area (Å²) in [6.07, 6.45) is 0. The number of rotatable bonds is 5. The van der Waals surface area contributed by atoms with Gasteiger partial charge in [-0.3, -0.25) is 5.43 Å². The van der Waals surface area contributed by atoms with Gasteiger partial charge in [0.1, 0.15) is 0 Å². The molecule has 0 saturated carbocycles. The number of hydrogen-bond acceptors (Lipinski definition) is 7. The van der Waals surface area contributed by atoms with Crippen molar-refractivity contribution in [1.29, 1.82) is 0 Å². The number of nitrogens with zero attached hydrogens (tertiary/aromatic N) is 4. The van der Waals surface area contributed by atoms with Gasteiger partial charge in [0.25, 0.3) is 0 Å². The van der Waals surface area contributed by atoms with Crippen LogP contribution in [-0.2, 0) is 0 Å². The minimum atomic E-state index is 0.215. The van der Waals surface area contributed by atoms with Crippen molar-refractivity contribution in [2.45, 2.75) is 6.92 Å². The van der Waals surface area contributed by atoms with E-state index in [9.17, 15) is 0 Å². The maximum Gasteiger partial charge on any atom is 0.322 e. The number of ether oxygens (including phenoxy) is 1. The zero-order valence-electron chi connectivity index (χ0n) is 10.9. The van der Waals surface area contributed by atoms with Gasteiger partial charge in [-0.05, 0) is 19.1 Å². The van der Waals surface area contributed by atoms with Crippen LogP contribution in [0.15, 0.2) is 30.3 Å². The Morgan fingerprint density at radius 3 is 2.53 bits per heavy atom. The smallest absolute Gasteiger partial charge is 0.322 e. The molecule has 19 heavy (non-hydrogen) atoms. The SMILES string of the molecule is CCN(c1ccccc1)c1nc(NN)nc(OC)n1. The Morgan fingerprint density at radius 2 is 1.95 bits per heavy atom. The van der Waals surface area contributed by atoms with Gasteiger partial charge in [0.2, 0.25) is 11.9 Å². The Labute approximate surface area is 111 Å². The van der Waals surface area contributed by atoms with Crippen molar-refractivity contribution in [3.8, 4) is 6.01 Å². The maximum absolute atomic E-state index is 5.35. The van der Waals surface area contributed by atoms with Crippen LogP contribution < -0.4 is 20.9 Å². The summed E-state index contributed by atoms with van der Waals surface area (Å²) < 4.78 is 5.04. The Morgan fingerprint density at radius 1 is 1.21 bits per heavy atom. The van der Waals surface area contributed by atoms with E-state index in [1.807, 2.05) is 42.2 Å². The second-order valence-corrected chi connectivity index (χ2v) is 3.67. The molecule has 7 nitrogen and oxygen atoms in total.